The Morgan fingerprint density at radius 1 is 1.03 bits per heavy atom. The molecule has 0 aliphatic carbocycles. The van der Waals surface area contributed by atoms with Gasteiger partial charge in [0, 0.05) is 57.4 Å². The lowest BCUT2D eigenvalue weighted by Gasteiger charge is -2.38. The molecule has 5 rings (SSSR count). The molecule has 1 aromatic carbocycles. The third kappa shape index (κ3) is 5.86. The maximum absolute atomic E-state index is 5.74. The summed E-state index contributed by atoms with van der Waals surface area (Å²) in [6.45, 7) is 8.82. The lowest BCUT2D eigenvalue weighted by atomic mass is 9.74. The predicted molar refractivity (Wildman–Crippen MR) is 146 cm³/mol. The number of hydrogen-bond donors (Lipinski definition) is 2. The van der Waals surface area contributed by atoms with E-state index in [4.69, 9.17) is 26.9 Å². The number of anilines is 3. The van der Waals surface area contributed by atoms with Gasteiger partial charge < -0.3 is 25.2 Å². The van der Waals surface area contributed by atoms with Gasteiger partial charge in [0.25, 0.3) is 0 Å². The molecule has 0 bridgehead atoms. The maximum Gasteiger partial charge on any atom is 0.232 e. The summed E-state index contributed by atoms with van der Waals surface area (Å²) < 4.78 is 5.68. The molecule has 3 aliphatic rings. The maximum atomic E-state index is 5.74. The molecule has 1 aromatic heterocycles. The van der Waals surface area contributed by atoms with Gasteiger partial charge in [-0.15, -0.1) is 0 Å². The second kappa shape index (κ2) is 11.1. The van der Waals surface area contributed by atoms with E-state index in [1.165, 1.54) is 31.2 Å². The Balaban J connectivity index is 1.31. The second-order valence-corrected chi connectivity index (χ2v) is 10.8. The quantitative estimate of drug-likeness (QED) is 0.575. The van der Waals surface area contributed by atoms with Crippen molar-refractivity contribution in [3.8, 4) is 0 Å². The predicted octanol–water partition coefficient (Wildman–Crippen LogP) is 4.35. The van der Waals surface area contributed by atoms with Crippen LogP contribution in [0.3, 0.4) is 0 Å². The van der Waals surface area contributed by atoms with Gasteiger partial charge in [0.05, 0.1) is 0 Å². The van der Waals surface area contributed by atoms with Gasteiger partial charge in [-0.05, 0) is 62.2 Å². The van der Waals surface area contributed by atoms with Crippen LogP contribution >= 0.6 is 12.2 Å². The van der Waals surface area contributed by atoms with Crippen molar-refractivity contribution in [1.29, 1.82) is 0 Å². The highest BCUT2D eigenvalue weighted by Crippen LogP contribution is 2.34. The number of nitrogens with one attached hydrogen (secondary N) is 2. The van der Waals surface area contributed by atoms with Crippen molar-refractivity contribution < 1.29 is 4.74 Å². The molecule has 7 nitrogen and oxygen atoms in total. The van der Waals surface area contributed by atoms with Gasteiger partial charge in [-0.3, -0.25) is 0 Å². The minimum atomic E-state index is 0.0125. The Kier molecular flexibility index (Phi) is 7.68. The van der Waals surface area contributed by atoms with E-state index in [2.05, 4.69) is 63.8 Å². The minimum Gasteiger partial charge on any atom is -0.381 e. The van der Waals surface area contributed by atoms with E-state index in [1.54, 1.807) is 0 Å². The van der Waals surface area contributed by atoms with E-state index in [0.29, 0.717) is 17.0 Å². The molecule has 3 aliphatic heterocycles. The highest BCUT2D eigenvalue weighted by molar-refractivity contribution is 7.80. The first-order valence-electron chi connectivity index (χ1n) is 13.2. The van der Waals surface area contributed by atoms with Gasteiger partial charge in [0.1, 0.15) is 11.6 Å². The van der Waals surface area contributed by atoms with Crippen molar-refractivity contribution in [2.75, 3.05) is 61.1 Å². The van der Waals surface area contributed by atoms with Crippen LogP contribution in [0.1, 0.15) is 51.0 Å². The van der Waals surface area contributed by atoms with Gasteiger partial charge in [-0.25, -0.2) is 0 Å². The van der Waals surface area contributed by atoms with Crippen LogP contribution in [0.15, 0.2) is 36.4 Å². The van der Waals surface area contributed by atoms with E-state index < -0.39 is 0 Å². The molecular weight excluding hydrogens is 456 g/mol. The van der Waals surface area contributed by atoms with Gasteiger partial charge in [0.15, 0.2) is 5.11 Å². The lowest BCUT2D eigenvalue weighted by molar-refractivity contribution is 0.0515. The summed E-state index contributed by atoms with van der Waals surface area (Å²) in [5, 5.41) is 7.38. The Morgan fingerprint density at radius 3 is 2.43 bits per heavy atom. The molecule has 3 fully saturated rings. The van der Waals surface area contributed by atoms with Crippen molar-refractivity contribution in [3.05, 3.63) is 42.0 Å². The second-order valence-electron chi connectivity index (χ2n) is 10.4. The molecule has 1 atom stereocenters. The average Bonchev–Trinajstić information content (AvgIpc) is 3.44. The molecule has 0 saturated carbocycles. The lowest BCUT2D eigenvalue weighted by Crippen LogP contribution is -2.45. The average molecular weight is 495 g/mol. The zero-order valence-corrected chi connectivity index (χ0v) is 21.7. The zero-order chi connectivity index (χ0) is 24.1. The fourth-order valence-electron chi connectivity index (χ4n) is 5.66. The van der Waals surface area contributed by atoms with E-state index >= 15 is 0 Å². The van der Waals surface area contributed by atoms with Crippen molar-refractivity contribution in [1.82, 2.24) is 15.3 Å². The van der Waals surface area contributed by atoms with Crippen LogP contribution < -0.4 is 20.4 Å². The van der Waals surface area contributed by atoms with Crippen molar-refractivity contribution in [3.63, 3.8) is 0 Å². The monoisotopic (exact) mass is 494 g/mol. The van der Waals surface area contributed by atoms with E-state index in [9.17, 15) is 0 Å². The van der Waals surface area contributed by atoms with Crippen LogP contribution in [-0.2, 0) is 10.2 Å². The Hall–Kier alpha value is -2.45. The molecule has 2 N–H and O–H groups in total. The van der Waals surface area contributed by atoms with Gasteiger partial charge >= 0.3 is 0 Å². The van der Waals surface area contributed by atoms with Crippen LogP contribution in [0.4, 0.5) is 17.6 Å². The smallest absolute Gasteiger partial charge is 0.232 e. The van der Waals surface area contributed by atoms with Crippen LogP contribution in [0, 0.1) is 5.92 Å². The molecule has 0 unspecified atom stereocenters. The number of ether oxygens (including phenoxy) is 1. The Bertz CT molecular complexity index is 990. The minimum absolute atomic E-state index is 0.0125. The molecule has 3 saturated heterocycles. The van der Waals surface area contributed by atoms with E-state index in [1.807, 2.05) is 0 Å². The Morgan fingerprint density at radius 2 is 1.71 bits per heavy atom. The first-order valence-corrected chi connectivity index (χ1v) is 13.6. The largest absolute Gasteiger partial charge is 0.381 e. The van der Waals surface area contributed by atoms with Crippen LogP contribution in [0.25, 0.3) is 0 Å². The first kappa shape index (κ1) is 24.3. The molecule has 188 valence electrons. The van der Waals surface area contributed by atoms with Gasteiger partial charge in [0.2, 0.25) is 5.95 Å². The number of thiocarbonyl (C=S) groups is 1. The topological polar surface area (TPSA) is 65.5 Å². The fraction of sp³-hybridized carbons (Fsp3) is 0.593. The molecule has 2 aromatic rings. The van der Waals surface area contributed by atoms with Crippen molar-refractivity contribution in [2.24, 2.45) is 5.92 Å². The standard InChI is InChI=1S/C27H38N6OS/c1-21-8-7-15-33(19-21)24-18-23(32-13-5-6-14-32)29-25(30-24)31-26(35)28-20-27(11-16-34-17-12-27)22-9-3-2-4-10-22/h2-4,9-10,18,21H,5-8,11-17,19-20H2,1H3,(H2,28,29,30,31,35)/t21-/m0/s1. The summed E-state index contributed by atoms with van der Waals surface area (Å²) in [6.07, 6.45) is 6.88. The zero-order valence-electron chi connectivity index (χ0n) is 20.8. The third-order valence-corrected chi connectivity index (χ3v) is 8.01. The normalized spacial score (nSPS) is 22.1. The molecule has 0 amide bonds. The van der Waals surface area contributed by atoms with Crippen molar-refractivity contribution >= 4 is 34.9 Å². The first-order chi connectivity index (χ1) is 17.1. The number of aromatic nitrogens is 2. The number of benzene rings is 1. The van der Waals surface area contributed by atoms with Gasteiger partial charge in [-0.2, -0.15) is 9.97 Å². The molecular formula is C27H38N6OS. The summed E-state index contributed by atoms with van der Waals surface area (Å²) in [5.41, 5.74) is 1.35. The summed E-state index contributed by atoms with van der Waals surface area (Å²) in [6, 6.07) is 12.9. The number of rotatable bonds is 6. The molecule has 0 radical (unpaired) electrons. The molecule has 35 heavy (non-hydrogen) atoms. The van der Waals surface area contributed by atoms with Crippen molar-refractivity contribution in [2.45, 2.75) is 50.9 Å². The van der Waals surface area contributed by atoms with Gasteiger partial charge in [-0.1, -0.05) is 37.3 Å². The number of piperidine rings is 1. The summed E-state index contributed by atoms with van der Waals surface area (Å²) in [7, 11) is 0. The highest BCUT2D eigenvalue weighted by Gasteiger charge is 2.34. The number of hydrogen-bond acceptors (Lipinski definition) is 6. The van der Waals surface area contributed by atoms with E-state index in [-0.39, 0.29) is 5.41 Å². The SMILES string of the molecule is C[C@H]1CCCN(c2cc(N3CCCC3)nc(NC(=S)NCC3(c4ccccc4)CCOCC3)n2)C1. The van der Waals surface area contributed by atoms with E-state index in [0.717, 1.165) is 70.4 Å². The van der Waals surface area contributed by atoms with Crippen LogP contribution in [0.5, 0.6) is 0 Å². The molecule has 4 heterocycles. The summed E-state index contributed by atoms with van der Waals surface area (Å²) >= 11 is 5.74. The highest BCUT2D eigenvalue weighted by atomic mass is 32.1. The third-order valence-electron chi connectivity index (χ3n) is 7.76. The summed E-state index contributed by atoms with van der Waals surface area (Å²) in [5.74, 6) is 3.27. The summed E-state index contributed by atoms with van der Waals surface area (Å²) in [4.78, 5) is 14.5. The Labute approximate surface area is 214 Å². The number of nitrogens with zero attached hydrogens (tertiary/aromatic N) is 4. The van der Waals surface area contributed by atoms with Crippen LogP contribution in [-0.4, -0.2) is 61.0 Å². The van der Waals surface area contributed by atoms with Crippen LogP contribution in [0.2, 0.25) is 0 Å². The molecule has 0 spiro atoms. The molecule has 8 heteroatoms. The fourth-order valence-corrected chi connectivity index (χ4v) is 5.83.